The van der Waals surface area contributed by atoms with Gasteiger partial charge < -0.3 is 10.8 Å². The van der Waals surface area contributed by atoms with Crippen molar-refractivity contribution >= 4 is 21.9 Å². The number of aliphatic carboxylic acids is 1. The first-order valence-corrected chi connectivity index (χ1v) is 4.56. The van der Waals surface area contributed by atoms with Crippen molar-refractivity contribution in [3.63, 3.8) is 0 Å². The zero-order valence-electron chi connectivity index (χ0n) is 7.12. The molecule has 0 spiro atoms. The third kappa shape index (κ3) is 2.29. The molecule has 1 aromatic carbocycles. The topological polar surface area (TPSA) is 63.3 Å². The van der Waals surface area contributed by atoms with Crippen molar-refractivity contribution in [1.29, 1.82) is 0 Å². The summed E-state index contributed by atoms with van der Waals surface area (Å²) in [6.07, 6.45) is 0. The molecule has 1 atom stereocenters. The minimum absolute atomic E-state index is 0.619. The molecule has 0 saturated carbocycles. The Hall–Kier alpha value is -0.870. The summed E-state index contributed by atoms with van der Waals surface area (Å²) in [4.78, 5) is 10.6. The predicted molar refractivity (Wildman–Crippen MR) is 53.4 cm³/mol. The molecule has 0 bridgehead atoms. The fraction of sp³-hybridized carbons (Fsp3) is 0.222. The number of carboxylic acids is 1. The van der Waals surface area contributed by atoms with Gasteiger partial charge >= 0.3 is 5.97 Å². The maximum Gasteiger partial charge on any atom is 0.325 e. The fourth-order valence-corrected chi connectivity index (χ4v) is 1.25. The van der Waals surface area contributed by atoms with Gasteiger partial charge in [-0.15, -0.1) is 0 Å². The van der Waals surface area contributed by atoms with Crippen molar-refractivity contribution in [3.05, 3.63) is 33.8 Å². The first-order chi connectivity index (χ1) is 6.02. The molecule has 1 unspecified atom stereocenters. The number of carboxylic acid groups (broad SMARTS) is 1. The van der Waals surface area contributed by atoms with Crippen LogP contribution in [0.5, 0.6) is 0 Å². The number of nitrogens with two attached hydrogens (primary N) is 1. The van der Waals surface area contributed by atoms with E-state index in [1.165, 1.54) is 0 Å². The lowest BCUT2D eigenvalue weighted by atomic mass is 10.1. The van der Waals surface area contributed by atoms with E-state index in [9.17, 15) is 4.79 Å². The molecule has 1 aromatic rings. The van der Waals surface area contributed by atoms with E-state index in [2.05, 4.69) is 15.9 Å². The van der Waals surface area contributed by atoms with E-state index in [1.54, 1.807) is 18.2 Å². The summed E-state index contributed by atoms with van der Waals surface area (Å²) in [5.74, 6) is -1.01. The molecule has 3 N–H and O–H groups in total. The fourth-order valence-electron chi connectivity index (χ4n) is 1.00. The molecule has 70 valence electrons. The maximum absolute atomic E-state index is 10.6. The maximum atomic E-state index is 10.6. The lowest BCUT2D eigenvalue weighted by Gasteiger charge is -2.08. The van der Waals surface area contributed by atoms with Crippen LogP contribution in [0.1, 0.15) is 17.2 Å². The van der Waals surface area contributed by atoms with Gasteiger partial charge in [-0.3, -0.25) is 4.79 Å². The highest BCUT2D eigenvalue weighted by Crippen LogP contribution is 2.20. The van der Waals surface area contributed by atoms with Gasteiger partial charge in [0.2, 0.25) is 0 Å². The number of carbonyl (C=O) groups is 1. The van der Waals surface area contributed by atoms with Crippen LogP contribution < -0.4 is 5.73 Å². The molecule has 13 heavy (non-hydrogen) atoms. The number of halogens is 1. The normalized spacial score (nSPS) is 12.5. The van der Waals surface area contributed by atoms with Crippen molar-refractivity contribution in [2.45, 2.75) is 13.0 Å². The highest BCUT2D eigenvalue weighted by molar-refractivity contribution is 9.10. The molecule has 0 aromatic heterocycles. The van der Waals surface area contributed by atoms with Crippen molar-refractivity contribution in [3.8, 4) is 0 Å². The van der Waals surface area contributed by atoms with E-state index in [4.69, 9.17) is 10.8 Å². The average molecular weight is 244 g/mol. The first-order valence-electron chi connectivity index (χ1n) is 3.77. The van der Waals surface area contributed by atoms with Gasteiger partial charge in [0, 0.05) is 4.47 Å². The first kappa shape index (κ1) is 10.2. The Bertz CT molecular complexity index is 338. The Labute approximate surface area is 84.7 Å². The van der Waals surface area contributed by atoms with E-state index in [-0.39, 0.29) is 0 Å². The minimum atomic E-state index is -1.01. The molecule has 0 saturated heterocycles. The van der Waals surface area contributed by atoms with Gasteiger partial charge in [-0.1, -0.05) is 28.1 Å². The molecule has 0 aliphatic heterocycles. The number of hydrogen-bond donors (Lipinski definition) is 2. The van der Waals surface area contributed by atoms with E-state index in [0.29, 0.717) is 5.56 Å². The van der Waals surface area contributed by atoms with Gasteiger partial charge in [0.1, 0.15) is 6.04 Å². The SMILES string of the molecule is Cc1cc(C(N)C(=O)O)ccc1Br. The van der Waals surface area contributed by atoms with Crippen molar-refractivity contribution in [2.24, 2.45) is 5.73 Å². The second-order valence-corrected chi connectivity index (χ2v) is 3.68. The van der Waals surface area contributed by atoms with Gasteiger partial charge in [0.15, 0.2) is 0 Å². The quantitative estimate of drug-likeness (QED) is 0.834. The third-order valence-corrected chi connectivity index (χ3v) is 2.70. The summed E-state index contributed by atoms with van der Waals surface area (Å²) in [5.41, 5.74) is 7.04. The molecule has 4 heteroatoms. The molecule has 0 aliphatic rings. The van der Waals surface area contributed by atoms with Crippen LogP contribution in [0.25, 0.3) is 0 Å². The number of benzene rings is 1. The van der Waals surface area contributed by atoms with E-state index in [0.717, 1.165) is 10.0 Å². The Balaban J connectivity index is 3.03. The molecule has 0 radical (unpaired) electrons. The Morgan fingerprint density at radius 1 is 1.62 bits per heavy atom. The van der Waals surface area contributed by atoms with Gasteiger partial charge in [0.25, 0.3) is 0 Å². The Morgan fingerprint density at radius 3 is 2.69 bits per heavy atom. The van der Waals surface area contributed by atoms with Gasteiger partial charge in [-0.05, 0) is 24.1 Å². The molecule has 3 nitrogen and oxygen atoms in total. The molecule has 0 aliphatic carbocycles. The lowest BCUT2D eigenvalue weighted by Crippen LogP contribution is -2.20. The van der Waals surface area contributed by atoms with E-state index in [1.807, 2.05) is 6.92 Å². The molecule has 0 fully saturated rings. The molecular weight excluding hydrogens is 234 g/mol. The van der Waals surface area contributed by atoms with Crippen LogP contribution in [0.4, 0.5) is 0 Å². The van der Waals surface area contributed by atoms with Crippen LogP contribution in [0.3, 0.4) is 0 Å². The molecule has 0 heterocycles. The second kappa shape index (κ2) is 3.89. The highest BCUT2D eigenvalue weighted by Gasteiger charge is 2.14. The predicted octanol–water partition coefficient (Wildman–Crippen LogP) is 1.84. The Kier molecular flexibility index (Phi) is 3.06. The third-order valence-electron chi connectivity index (χ3n) is 1.81. The Morgan fingerprint density at radius 2 is 2.23 bits per heavy atom. The van der Waals surface area contributed by atoms with Crippen molar-refractivity contribution < 1.29 is 9.90 Å². The van der Waals surface area contributed by atoms with Crippen LogP contribution in [0.2, 0.25) is 0 Å². The summed E-state index contributed by atoms with van der Waals surface area (Å²) in [6, 6.07) is 4.33. The number of hydrogen-bond acceptors (Lipinski definition) is 2. The zero-order chi connectivity index (χ0) is 10.0. The van der Waals surface area contributed by atoms with Gasteiger partial charge in [-0.2, -0.15) is 0 Å². The summed E-state index contributed by atoms with van der Waals surface area (Å²) in [5, 5.41) is 8.66. The molecule has 0 amide bonds. The van der Waals surface area contributed by atoms with Crippen LogP contribution in [-0.4, -0.2) is 11.1 Å². The lowest BCUT2D eigenvalue weighted by molar-refractivity contribution is -0.138. The van der Waals surface area contributed by atoms with Crippen LogP contribution in [0, 0.1) is 6.92 Å². The minimum Gasteiger partial charge on any atom is -0.480 e. The molecular formula is C9H10BrNO2. The number of rotatable bonds is 2. The largest absolute Gasteiger partial charge is 0.480 e. The van der Waals surface area contributed by atoms with E-state index >= 15 is 0 Å². The summed E-state index contributed by atoms with van der Waals surface area (Å²) in [6.45, 7) is 1.89. The monoisotopic (exact) mass is 243 g/mol. The van der Waals surface area contributed by atoms with Crippen molar-refractivity contribution in [1.82, 2.24) is 0 Å². The molecule has 1 rings (SSSR count). The zero-order valence-corrected chi connectivity index (χ0v) is 8.71. The standard InChI is InChI=1S/C9H10BrNO2/c1-5-4-6(2-3-7(5)10)8(11)9(12)13/h2-4,8H,11H2,1H3,(H,12,13). The second-order valence-electron chi connectivity index (χ2n) is 2.82. The highest BCUT2D eigenvalue weighted by atomic mass is 79.9. The van der Waals surface area contributed by atoms with Crippen LogP contribution in [0.15, 0.2) is 22.7 Å². The van der Waals surface area contributed by atoms with E-state index < -0.39 is 12.0 Å². The van der Waals surface area contributed by atoms with Crippen molar-refractivity contribution in [2.75, 3.05) is 0 Å². The smallest absolute Gasteiger partial charge is 0.325 e. The van der Waals surface area contributed by atoms with Crippen LogP contribution in [-0.2, 0) is 4.79 Å². The average Bonchev–Trinajstić information content (AvgIpc) is 2.08. The number of aryl methyl sites for hydroxylation is 1. The summed E-state index contributed by atoms with van der Waals surface area (Å²) < 4.78 is 0.953. The van der Waals surface area contributed by atoms with Gasteiger partial charge in [-0.25, -0.2) is 0 Å². The van der Waals surface area contributed by atoms with Gasteiger partial charge in [0.05, 0.1) is 0 Å². The summed E-state index contributed by atoms with van der Waals surface area (Å²) in [7, 11) is 0. The summed E-state index contributed by atoms with van der Waals surface area (Å²) >= 11 is 3.33. The van der Waals surface area contributed by atoms with Crippen LogP contribution >= 0.6 is 15.9 Å².